The quantitative estimate of drug-likeness (QED) is 0.904. The zero-order valence-electron chi connectivity index (χ0n) is 12.5. The van der Waals surface area contributed by atoms with E-state index in [2.05, 4.69) is 30.5 Å². The highest BCUT2D eigenvalue weighted by Crippen LogP contribution is 2.18. The van der Waals surface area contributed by atoms with Crippen LogP contribution in [0.25, 0.3) is 0 Å². The zero-order valence-corrected chi connectivity index (χ0v) is 13.3. The van der Waals surface area contributed by atoms with Gasteiger partial charge >= 0.3 is 0 Å². The first-order chi connectivity index (χ1) is 9.38. The maximum atomic E-state index is 12.2. The number of hydrogen-bond acceptors (Lipinski definition) is 3. The summed E-state index contributed by atoms with van der Waals surface area (Å²) in [5, 5.41) is 0. The average molecular weight is 296 g/mol. The molecule has 0 aliphatic carbocycles. The van der Waals surface area contributed by atoms with Gasteiger partial charge in [0.1, 0.15) is 0 Å². The third-order valence-electron chi connectivity index (χ3n) is 3.91. The lowest BCUT2D eigenvalue weighted by atomic mass is 10.0. The third kappa shape index (κ3) is 3.81. The van der Waals surface area contributed by atoms with Gasteiger partial charge in [0, 0.05) is 13.1 Å². The van der Waals surface area contributed by atoms with Crippen molar-refractivity contribution in [3.8, 4) is 0 Å². The average Bonchev–Trinajstić information content (AvgIpc) is 2.82. The van der Waals surface area contributed by atoms with Crippen molar-refractivity contribution in [2.75, 3.05) is 26.7 Å². The molecule has 0 saturated carbocycles. The number of nitrogens with zero attached hydrogens (tertiary/aromatic N) is 1. The predicted octanol–water partition coefficient (Wildman–Crippen LogP) is 2.04. The third-order valence-corrected chi connectivity index (χ3v) is 5.35. The van der Waals surface area contributed by atoms with E-state index in [4.69, 9.17) is 0 Å². The van der Waals surface area contributed by atoms with E-state index in [1.54, 1.807) is 12.1 Å². The topological polar surface area (TPSA) is 49.4 Å². The van der Waals surface area contributed by atoms with Gasteiger partial charge in [0.25, 0.3) is 0 Å². The van der Waals surface area contributed by atoms with Gasteiger partial charge in [0.15, 0.2) is 0 Å². The highest BCUT2D eigenvalue weighted by Gasteiger charge is 2.22. The minimum atomic E-state index is -3.38. The second-order valence-corrected chi connectivity index (χ2v) is 7.76. The van der Waals surface area contributed by atoms with Crippen LogP contribution in [0.4, 0.5) is 0 Å². The van der Waals surface area contributed by atoms with Gasteiger partial charge in [-0.3, -0.25) is 0 Å². The van der Waals surface area contributed by atoms with Gasteiger partial charge in [-0.05, 0) is 49.5 Å². The summed E-state index contributed by atoms with van der Waals surface area (Å²) in [5.41, 5.74) is 1.15. The molecule has 2 rings (SSSR count). The fourth-order valence-electron chi connectivity index (χ4n) is 2.54. The highest BCUT2D eigenvalue weighted by molar-refractivity contribution is 7.89. The van der Waals surface area contributed by atoms with Gasteiger partial charge in [-0.1, -0.05) is 26.0 Å². The van der Waals surface area contributed by atoms with Crippen molar-refractivity contribution in [3.05, 3.63) is 29.8 Å². The van der Waals surface area contributed by atoms with Crippen molar-refractivity contribution in [1.29, 1.82) is 0 Å². The van der Waals surface area contributed by atoms with Crippen LogP contribution in [0.2, 0.25) is 0 Å². The molecule has 0 amide bonds. The van der Waals surface area contributed by atoms with Gasteiger partial charge in [0.05, 0.1) is 4.90 Å². The van der Waals surface area contributed by atoms with E-state index in [-0.39, 0.29) is 0 Å². The fourth-order valence-corrected chi connectivity index (χ4v) is 3.65. The van der Waals surface area contributed by atoms with Crippen LogP contribution in [0.5, 0.6) is 0 Å². The Bertz CT molecular complexity index is 537. The summed E-state index contributed by atoms with van der Waals surface area (Å²) in [6, 6.07) is 7.17. The molecule has 5 heteroatoms. The molecule has 0 aromatic heterocycles. The Morgan fingerprint density at radius 1 is 1.30 bits per heavy atom. The lowest BCUT2D eigenvalue weighted by Crippen LogP contribution is -2.30. The number of likely N-dealkylation sites (tertiary alicyclic amines) is 1. The van der Waals surface area contributed by atoms with Crippen LogP contribution in [-0.2, 0) is 10.0 Å². The van der Waals surface area contributed by atoms with E-state index in [1.807, 2.05) is 12.1 Å². The number of rotatable bonds is 5. The molecule has 1 aliphatic heterocycles. The van der Waals surface area contributed by atoms with Gasteiger partial charge in [-0.15, -0.1) is 0 Å². The second kappa shape index (κ2) is 6.24. The molecule has 112 valence electrons. The smallest absolute Gasteiger partial charge is 0.240 e. The Balaban J connectivity index is 1.99. The van der Waals surface area contributed by atoms with Crippen LogP contribution in [0.3, 0.4) is 0 Å². The first kappa shape index (κ1) is 15.5. The van der Waals surface area contributed by atoms with Gasteiger partial charge in [-0.25, -0.2) is 13.1 Å². The molecule has 0 spiro atoms. The Hall–Kier alpha value is -0.910. The van der Waals surface area contributed by atoms with Crippen molar-refractivity contribution < 1.29 is 8.42 Å². The highest BCUT2D eigenvalue weighted by atomic mass is 32.2. The summed E-state index contributed by atoms with van der Waals surface area (Å²) in [4.78, 5) is 2.59. The van der Waals surface area contributed by atoms with Crippen molar-refractivity contribution in [3.63, 3.8) is 0 Å². The SMILES string of the molecule is CC(C)c1ccc(S(=O)(=O)NCC2CCN(C)C2)cc1. The monoisotopic (exact) mass is 296 g/mol. The van der Waals surface area contributed by atoms with Crippen LogP contribution < -0.4 is 4.72 Å². The Labute approximate surface area is 122 Å². The summed E-state index contributed by atoms with van der Waals surface area (Å²) in [6.45, 7) is 6.74. The maximum Gasteiger partial charge on any atom is 0.240 e. The van der Waals surface area contributed by atoms with Crippen LogP contribution in [0.1, 0.15) is 31.7 Å². The number of nitrogens with one attached hydrogen (secondary N) is 1. The van der Waals surface area contributed by atoms with Gasteiger partial charge in [0.2, 0.25) is 10.0 Å². The molecule has 0 radical (unpaired) electrons. The minimum absolute atomic E-state index is 0.355. The molecule has 4 nitrogen and oxygen atoms in total. The van der Waals surface area contributed by atoms with E-state index in [9.17, 15) is 8.42 Å². The molecule has 1 heterocycles. The fraction of sp³-hybridized carbons (Fsp3) is 0.600. The van der Waals surface area contributed by atoms with E-state index in [0.29, 0.717) is 23.3 Å². The second-order valence-electron chi connectivity index (χ2n) is 5.99. The largest absolute Gasteiger partial charge is 0.306 e. The summed E-state index contributed by atoms with van der Waals surface area (Å²) in [5.74, 6) is 0.832. The molecule has 1 aromatic carbocycles. The first-order valence-corrected chi connectivity index (χ1v) is 8.65. The predicted molar refractivity (Wildman–Crippen MR) is 81.3 cm³/mol. The van der Waals surface area contributed by atoms with Crippen molar-refractivity contribution in [1.82, 2.24) is 9.62 Å². The van der Waals surface area contributed by atoms with Crippen LogP contribution in [0, 0.1) is 5.92 Å². The van der Waals surface area contributed by atoms with Gasteiger partial charge in [-0.2, -0.15) is 0 Å². The Kier molecular flexibility index (Phi) is 4.83. The van der Waals surface area contributed by atoms with Crippen molar-refractivity contribution in [2.45, 2.75) is 31.1 Å². The number of sulfonamides is 1. The van der Waals surface area contributed by atoms with Crippen LogP contribution >= 0.6 is 0 Å². The summed E-state index contributed by atoms with van der Waals surface area (Å²) in [6.07, 6.45) is 1.06. The van der Waals surface area contributed by atoms with Crippen LogP contribution in [0.15, 0.2) is 29.2 Å². The minimum Gasteiger partial charge on any atom is -0.306 e. The van der Waals surface area contributed by atoms with E-state index < -0.39 is 10.0 Å². The Morgan fingerprint density at radius 3 is 2.45 bits per heavy atom. The standard InChI is InChI=1S/C15H24N2O2S/c1-12(2)14-4-6-15(7-5-14)20(18,19)16-10-13-8-9-17(3)11-13/h4-7,12-13,16H,8-11H2,1-3H3. The molecule has 0 bridgehead atoms. The molecule has 1 unspecified atom stereocenters. The normalized spacial score (nSPS) is 20.7. The summed E-state index contributed by atoms with van der Waals surface area (Å²) >= 11 is 0. The Morgan fingerprint density at radius 2 is 1.95 bits per heavy atom. The van der Waals surface area contributed by atoms with Gasteiger partial charge < -0.3 is 4.90 Å². The lowest BCUT2D eigenvalue weighted by Gasteiger charge is -2.13. The molecule has 1 saturated heterocycles. The molecule has 1 aliphatic rings. The maximum absolute atomic E-state index is 12.2. The van der Waals surface area contributed by atoms with E-state index in [1.165, 1.54) is 0 Å². The van der Waals surface area contributed by atoms with E-state index >= 15 is 0 Å². The van der Waals surface area contributed by atoms with Crippen molar-refractivity contribution in [2.24, 2.45) is 5.92 Å². The molecule has 1 fully saturated rings. The molecule has 20 heavy (non-hydrogen) atoms. The molecule has 1 atom stereocenters. The number of benzene rings is 1. The summed E-state index contributed by atoms with van der Waals surface area (Å²) < 4.78 is 27.2. The zero-order chi connectivity index (χ0) is 14.8. The molecule has 1 aromatic rings. The first-order valence-electron chi connectivity index (χ1n) is 7.16. The van der Waals surface area contributed by atoms with Crippen molar-refractivity contribution >= 4 is 10.0 Å². The van der Waals surface area contributed by atoms with Crippen LogP contribution in [-0.4, -0.2) is 40.0 Å². The lowest BCUT2D eigenvalue weighted by molar-refractivity contribution is 0.394. The molecular formula is C15H24N2O2S. The van der Waals surface area contributed by atoms with E-state index in [0.717, 1.165) is 25.1 Å². The molecule has 1 N–H and O–H groups in total. The summed E-state index contributed by atoms with van der Waals surface area (Å²) in [7, 11) is -1.31. The molecular weight excluding hydrogens is 272 g/mol. The number of hydrogen-bond donors (Lipinski definition) is 1.